The number of carboxylic acids is 1. The predicted molar refractivity (Wildman–Crippen MR) is 79.7 cm³/mol. The van der Waals surface area contributed by atoms with E-state index in [2.05, 4.69) is 10.3 Å². The Kier molecular flexibility index (Phi) is 4.30. The summed E-state index contributed by atoms with van der Waals surface area (Å²) in [6.07, 6.45) is 0. The zero-order chi connectivity index (χ0) is 16.4. The van der Waals surface area contributed by atoms with E-state index in [0.717, 1.165) is 11.1 Å². The molecule has 1 atom stereocenters. The van der Waals surface area contributed by atoms with E-state index in [1.807, 2.05) is 19.9 Å². The number of aromatic nitrogens is 1. The van der Waals surface area contributed by atoms with Gasteiger partial charge in [0.15, 0.2) is 11.9 Å². The molecular formula is C16H18N2O4. The molecule has 22 heavy (non-hydrogen) atoms. The highest BCUT2D eigenvalue weighted by Crippen LogP contribution is 2.19. The Labute approximate surface area is 128 Å². The van der Waals surface area contributed by atoms with Crippen molar-refractivity contribution in [2.75, 3.05) is 0 Å². The van der Waals surface area contributed by atoms with Gasteiger partial charge in [0.05, 0.1) is 5.69 Å². The molecule has 1 amide bonds. The maximum absolute atomic E-state index is 12.2. The Morgan fingerprint density at radius 3 is 2.36 bits per heavy atom. The smallest absolute Gasteiger partial charge is 0.330 e. The fourth-order valence-electron chi connectivity index (χ4n) is 2.17. The topological polar surface area (TPSA) is 92.4 Å². The fraction of sp³-hybridized carbons (Fsp3) is 0.312. The Morgan fingerprint density at radius 2 is 1.86 bits per heavy atom. The molecule has 0 aliphatic rings. The van der Waals surface area contributed by atoms with Crippen LogP contribution in [0.4, 0.5) is 0 Å². The van der Waals surface area contributed by atoms with Gasteiger partial charge in [-0.25, -0.2) is 9.78 Å². The predicted octanol–water partition coefficient (Wildman–Crippen LogP) is 2.46. The van der Waals surface area contributed by atoms with E-state index in [0.29, 0.717) is 17.1 Å². The third-order valence-electron chi connectivity index (χ3n) is 3.50. The second kappa shape index (κ2) is 6.01. The highest BCUT2D eigenvalue weighted by Gasteiger charge is 2.25. The normalized spacial score (nSPS) is 12.0. The molecule has 0 bridgehead atoms. The van der Waals surface area contributed by atoms with Crippen LogP contribution in [0.15, 0.2) is 22.6 Å². The van der Waals surface area contributed by atoms with Crippen LogP contribution in [-0.4, -0.2) is 22.0 Å². The maximum atomic E-state index is 12.2. The van der Waals surface area contributed by atoms with Gasteiger partial charge in [-0.1, -0.05) is 18.2 Å². The lowest BCUT2D eigenvalue weighted by molar-refractivity contribution is -0.139. The van der Waals surface area contributed by atoms with Gasteiger partial charge in [0.25, 0.3) is 5.91 Å². The number of hydrogen-bond donors (Lipinski definition) is 2. The number of carboxylic acid groups (broad SMARTS) is 1. The number of nitrogens with zero attached hydrogens (tertiary/aromatic N) is 1. The Hall–Kier alpha value is -2.63. The molecule has 2 aromatic rings. The summed E-state index contributed by atoms with van der Waals surface area (Å²) >= 11 is 0. The van der Waals surface area contributed by atoms with Crippen LogP contribution >= 0.6 is 0 Å². The number of nitrogens with one attached hydrogen (secondary N) is 1. The van der Waals surface area contributed by atoms with Crippen molar-refractivity contribution in [3.8, 4) is 0 Å². The number of carbonyl (C=O) groups is 2. The first-order valence-corrected chi connectivity index (χ1v) is 6.84. The molecule has 2 N–H and O–H groups in total. The molecule has 0 aliphatic heterocycles. The Balaban J connectivity index is 2.29. The highest BCUT2D eigenvalue weighted by atomic mass is 16.4. The lowest BCUT2D eigenvalue weighted by atomic mass is 10.0. The van der Waals surface area contributed by atoms with Crippen LogP contribution in [0.25, 0.3) is 0 Å². The minimum absolute atomic E-state index is 0.0348. The van der Waals surface area contributed by atoms with Crippen LogP contribution in [0.2, 0.25) is 0 Å². The van der Waals surface area contributed by atoms with E-state index < -0.39 is 17.9 Å². The summed E-state index contributed by atoms with van der Waals surface area (Å²) in [4.78, 5) is 27.7. The monoisotopic (exact) mass is 302 g/mol. The quantitative estimate of drug-likeness (QED) is 0.905. The second-order valence-electron chi connectivity index (χ2n) is 5.24. The van der Waals surface area contributed by atoms with Crippen LogP contribution in [0.1, 0.15) is 44.9 Å². The lowest BCUT2D eigenvalue weighted by Crippen LogP contribution is -2.34. The van der Waals surface area contributed by atoms with Crippen molar-refractivity contribution in [3.63, 3.8) is 0 Å². The molecular weight excluding hydrogens is 284 g/mol. The number of hydrogen-bond acceptors (Lipinski definition) is 4. The van der Waals surface area contributed by atoms with Crippen molar-refractivity contribution in [2.24, 2.45) is 0 Å². The van der Waals surface area contributed by atoms with Gasteiger partial charge in [0, 0.05) is 6.92 Å². The van der Waals surface area contributed by atoms with E-state index in [-0.39, 0.29) is 5.76 Å². The van der Waals surface area contributed by atoms with Crippen LogP contribution < -0.4 is 5.32 Å². The maximum Gasteiger partial charge on any atom is 0.330 e. The van der Waals surface area contributed by atoms with Crippen LogP contribution in [0, 0.1) is 27.7 Å². The molecule has 6 nitrogen and oxygen atoms in total. The van der Waals surface area contributed by atoms with Crippen LogP contribution in [0.3, 0.4) is 0 Å². The zero-order valence-electron chi connectivity index (χ0n) is 12.9. The molecule has 1 unspecified atom stereocenters. The van der Waals surface area contributed by atoms with Crippen molar-refractivity contribution in [1.82, 2.24) is 10.3 Å². The average Bonchev–Trinajstić information content (AvgIpc) is 2.78. The van der Waals surface area contributed by atoms with E-state index in [9.17, 15) is 14.7 Å². The Morgan fingerprint density at radius 1 is 1.18 bits per heavy atom. The van der Waals surface area contributed by atoms with Gasteiger partial charge in [-0.2, -0.15) is 0 Å². The van der Waals surface area contributed by atoms with Gasteiger partial charge in [-0.05, 0) is 37.5 Å². The summed E-state index contributed by atoms with van der Waals surface area (Å²) in [5.74, 6) is -1.33. The minimum atomic E-state index is -1.14. The average molecular weight is 302 g/mol. The van der Waals surface area contributed by atoms with Crippen molar-refractivity contribution in [2.45, 2.75) is 33.7 Å². The molecule has 0 radical (unpaired) electrons. The van der Waals surface area contributed by atoms with Crippen LogP contribution in [-0.2, 0) is 4.79 Å². The van der Waals surface area contributed by atoms with Gasteiger partial charge in [-0.15, -0.1) is 0 Å². The number of aryl methyl sites for hydroxylation is 4. The minimum Gasteiger partial charge on any atom is -0.479 e. The summed E-state index contributed by atoms with van der Waals surface area (Å²) < 4.78 is 5.22. The first-order chi connectivity index (χ1) is 10.3. The third kappa shape index (κ3) is 3.16. The standard InChI is InChI=1S/C16H18N2O4/c1-8-5-6-12(7-9(8)2)13(16(20)21)18-15(19)14-10(3)17-11(4)22-14/h5-7,13H,1-4H3,(H,18,19)(H,20,21). The largest absolute Gasteiger partial charge is 0.479 e. The Bertz CT molecular complexity index is 734. The van der Waals surface area contributed by atoms with Crippen molar-refractivity contribution >= 4 is 11.9 Å². The SMILES string of the molecule is Cc1nc(C)c(C(=O)NC(C(=O)O)c2ccc(C)c(C)c2)o1. The summed E-state index contributed by atoms with van der Waals surface area (Å²) in [5, 5.41) is 11.9. The molecule has 116 valence electrons. The van der Waals surface area contributed by atoms with Gasteiger partial charge >= 0.3 is 5.97 Å². The number of aliphatic carboxylic acids is 1. The molecule has 0 saturated heterocycles. The van der Waals surface area contributed by atoms with Crippen molar-refractivity contribution in [1.29, 1.82) is 0 Å². The van der Waals surface area contributed by atoms with Gasteiger partial charge in [0.2, 0.25) is 5.76 Å². The van der Waals surface area contributed by atoms with E-state index >= 15 is 0 Å². The number of rotatable bonds is 4. The van der Waals surface area contributed by atoms with Gasteiger partial charge in [0.1, 0.15) is 0 Å². The van der Waals surface area contributed by atoms with Gasteiger partial charge in [-0.3, -0.25) is 4.79 Å². The van der Waals surface area contributed by atoms with E-state index in [1.165, 1.54) is 0 Å². The van der Waals surface area contributed by atoms with Gasteiger partial charge < -0.3 is 14.8 Å². The van der Waals surface area contributed by atoms with Crippen LogP contribution in [0.5, 0.6) is 0 Å². The molecule has 1 aromatic heterocycles. The first kappa shape index (κ1) is 15.8. The molecule has 0 aliphatic carbocycles. The summed E-state index contributed by atoms with van der Waals surface area (Å²) in [6.45, 7) is 7.09. The fourth-order valence-corrected chi connectivity index (χ4v) is 2.17. The van der Waals surface area contributed by atoms with E-state index in [4.69, 9.17) is 4.42 Å². The second-order valence-corrected chi connectivity index (χ2v) is 5.24. The summed E-state index contributed by atoms with van der Waals surface area (Å²) in [5.41, 5.74) is 2.96. The molecule has 2 rings (SSSR count). The molecule has 0 spiro atoms. The number of benzene rings is 1. The number of carbonyl (C=O) groups excluding carboxylic acids is 1. The number of oxazole rings is 1. The third-order valence-corrected chi connectivity index (χ3v) is 3.50. The molecule has 1 heterocycles. The molecule has 1 aromatic carbocycles. The van der Waals surface area contributed by atoms with Crippen molar-refractivity contribution < 1.29 is 19.1 Å². The summed E-state index contributed by atoms with van der Waals surface area (Å²) in [7, 11) is 0. The molecule has 0 saturated carbocycles. The first-order valence-electron chi connectivity index (χ1n) is 6.84. The summed E-state index contributed by atoms with van der Waals surface area (Å²) in [6, 6.07) is 4.14. The molecule has 0 fully saturated rings. The van der Waals surface area contributed by atoms with E-state index in [1.54, 1.807) is 26.0 Å². The zero-order valence-corrected chi connectivity index (χ0v) is 12.9. The van der Waals surface area contributed by atoms with Crippen molar-refractivity contribution in [3.05, 3.63) is 52.2 Å². The highest BCUT2D eigenvalue weighted by molar-refractivity contribution is 5.95. The molecule has 6 heteroatoms. The number of amides is 1. The lowest BCUT2D eigenvalue weighted by Gasteiger charge is -2.15.